The number of rotatable bonds is 4. The van der Waals surface area contributed by atoms with Crippen molar-refractivity contribution in [1.29, 1.82) is 0 Å². The van der Waals surface area contributed by atoms with Gasteiger partial charge in [0.2, 0.25) is 0 Å². The van der Waals surface area contributed by atoms with Crippen molar-refractivity contribution in [1.82, 2.24) is 0 Å². The fraction of sp³-hybridized carbons (Fsp3) is 0.625. The van der Waals surface area contributed by atoms with E-state index in [1.54, 1.807) is 6.92 Å². The Labute approximate surface area is 61.6 Å². The number of hydrogen-bond acceptors (Lipinski definition) is 1. The van der Waals surface area contributed by atoms with Crippen molar-refractivity contribution in [2.24, 2.45) is 5.41 Å². The molecule has 0 saturated heterocycles. The molecule has 1 atom stereocenters. The zero-order valence-electron chi connectivity index (χ0n) is 6.55. The van der Waals surface area contributed by atoms with Crippen molar-refractivity contribution in [2.45, 2.75) is 26.7 Å². The maximum atomic E-state index is 10.6. The molecule has 2 heteroatoms. The van der Waals surface area contributed by atoms with Crippen molar-refractivity contribution >= 4 is 5.97 Å². The van der Waals surface area contributed by atoms with Crippen LogP contribution in [-0.2, 0) is 4.79 Å². The van der Waals surface area contributed by atoms with Crippen LogP contribution in [0.25, 0.3) is 0 Å². The van der Waals surface area contributed by atoms with Crippen molar-refractivity contribution in [3.8, 4) is 0 Å². The summed E-state index contributed by atoms with van der Waals surface area (Å²) in [5.41, 5.74) is -0.727. The molecular weight excluding hydrogens is 128 g/mol. The average Bonchev–Trinajstić information content (AvgIpc) is 1.88. The Morgan fingerprint density at radius 1 is 1.80 bits per heavy atom. The van der Waals surface area contributed by atoms with Crippen LogP contribution in [0.1, 0.15) is 26.7 Å². The lowest BCUT2D eigenvalue weighted by atomic mass is 9.86. The summed E-state index contributed by atoms with van der Waals surface area (Å²) in [6.07, 6.45) is 3.03. The van der Waals surface area contributed by atoms with Crippen LogP contribution in [0.2, 0.25) is 0 Å². The molecule has 0 radical (unpaired) electrons. The number of aliphatic carboxylic acids is 1. The Kier molecular flexibility index (Phi) is 3.13. The highest BCUT2D eigenvalue weighted by molar-refractivity contribution is 5.76. The minimum atomic E-state index is -0.788. The lowest BCUT2D eigenvalue weighted by Crippen LogP contribution is -2.24. The molecule has 58 valence electrons. The van der Waals surface area contributed by atoms with Crippen LogP contribution in [0.15, 0.2) is 12.7 Å². The molecule has 0 saturated carbocycles. The Bertz CT molecular complexity index is 140. The molecule has 1 unspecified atom stereocenters. The smallest absolute Gasteiger partial charge is 0.313 e. The zero-order chi connectivity index (χ0) is 8.20. The van der Waals surface area contributed by atoms with Crippen LogP contribution in [0, 0.1) is 5.41 Å². The lowest BCUT2D eigenvalue weighted by Gasteiger charge is -2.18. The summed E-state index contributed by atoms with van der Waals surface area (Å²) in [6, 6.07) is 0. The van der Waals surface area contributed by atoms with Crippen LogP contribution >= 0.6 is 0 Å². The van der Waals surface area contributed by atoms with E-state index in [9.17, 15) is 4.79 Å². The molecule has 1 N–H and O–H groups in total. The van der Waals surface area contributed by atoms with Gasteiger partial charge in [0.25, 0.3) is 0 Å². The fourth-order valence-corrected chi connectivity index (χ4v) is 0.816. The molecule has 0 aliphatic rings. The first kappa shape index (κ1) is 9.21. The van der Waals surface area contributed by atoms with Gasteiger partial charge in [-0.1, -0.05) is 19.4 Å². The minimum absolute atomic E-state index is 0.659. The molecule has 2 nitrogen and oxygen atoms in total. The Morgan fingerprint density at radius 2 is 2.30 bits per heavy atom. The van der Waals surface area contributed by atoms with Gasteiger partial charge in [-0.05, 0) is 13.3 Å². The summed E-state index contributed by atoms with van der Waals surface area (Å²) < 4.78 is 0. The van der Waals surface area contributed by atoms with Gasteiger partial charge < -0.3 is 5.11 Å². The predicted molar refractivity (Wildman–Crippen MR) is 40.8 cm³/mol. The number of carbonyl (C=O) groups is 1. The van der Waals surface area contributed by atoms with Crippen LogP contribution in [0.5, 0.6) is 0 Å². The fourth-order valence-electron chi connectivity index (χ4n) is 0.816. The molecule has 0 amide bonds. The summed E-state index contributed by atoms with van der Waals surface area (Å²) in [5, 5.41) is 8.69. The highest BCUT2D eigenvalue weighted by Gasteiger charge is 2.27. The molecule has 0 bridgehead atoms. The van der Waals surface area contributed by atoms with Gasteiger partial charge in [-0.3, -0.25) is 4.79 Å². The van der Waals surface area contributed by atoms with Gasteiger partial charge in [-0.15, -0.1) is 6.58 Å². The maximum Gasteiger partial charge on any atom is 0.313 e. The number of carboxylic acid groups (broad SMARTS) is 1. The van der Waals surface area contributed by atoms with Crippen LogP contribution in [0.4, 0.5) is 0 Å². The van der Waals surface area contributed by atoms with Gasteiger partial charge in [0.1, 0.15) is 0 Å². The van der Waals surface area contributed by atoms with E-state index >= 15 is 0 Å². The van der Waals surface area contributed by atoms with Gasteiger partial charge >= 0.3 is 5.97 Å². The topological polar surface area (TPSA) is 37.3 Å². The van der Waals surface area contributed by atoms with Gasteiger partial charge in [0, 0.05) is 0 Å². The van der Waals surface area contributed by atoms with Crippen LogP contribution in [-0.4, -0.2) is 11.1 Å². The highest BCUT2D eigenvalue weighted by Crippen LogP contribution is 2.24. The lowest BCUT2D eigenvalue weighted by molar-refractivity contribution is -0.145. The van der Waals surface area contributed by atoms with Crippen molar-refractivity contribution < 1.29 is 9.90 Å². The van der Waals surface area contributed by atoms with Crippen LogP contribution in [0.3, 0.4) is 0 Å². The van der Waals surface area contributed by atoms with E-state index in [-0.39, 0.29) is 0 Å². The Morgan fingerprint density at radius 3 is 2.40 bits per heavy atom. The molecule has 0 heterocycles. The van der Waals surface area contributed by atoms with E-state index in [0.717, 1.165) is 6.42 Å². The van der Waals surface area contributed by atoms with E-state index in [1.807, 2.05) is 6.92 Å². The Balaban J connectivity index is 4.22. The monoisotopic (exact) mass is 142 g/mol. The zero-order valence-corrected chi connectivity index (χ0v) is 6.55. The van der Waals surface area contributed by atoms with Crippen LogP contribution < -0.4 is 0 Å². The van der Waals surface area contributed by atoms with Gasteiger partial charge in [-0.25, -0.2) is 0 Å². The van der Waals surface area contributed by atoms with Crippen molar-refractivity contribution in [3.05, 3.63) is 12.7 Å². The second-order valence-corrected chi connectivity index (χ2v) is 2.68. The molecule has 0 rings (SSSR count). The molecular formula is C8H14O2. The highest BCUT2D eigenvalue weighted by atomic mass is 16.4. The first-order valence-corrected chi connectivity index (χ1v) is 3.44. The van der Waals surface area contributed by atoms with E-state index in [0.29, 0.717) is 6.42 Å². The van der Waals surface area contributed by atoms with E-state index < -0.39 is 11.4 Å². The first-order chi connectivity index (χ1) is 4.56. The maximum absolute atomic E-state index is 10.6. The molecule has 0 aromatic carbocycles. The number of carboxylic acids is 1. The van der Waals surface area contributed by atoms with E-state index in [4.69, 9.17) is 5.11 Å². The average molecular weight is 142 g/mol. The molecule has 0 spiro atoms. The molecule has 0 aromatic heterocycles. The minimum Gasteiger partial charge on any atom is -0.481 e. The third-order valence-corrected chi connectivity index (χ3v) is 1.71. The normalized spacial score (nSPS) is 15.8. The summed E-state index contributed by atoms with van der Waals surface area (Å²) in [4.78, 5) is 10.6. The van der Waals surface area contributed by atoms with Crippen molar-refractivity contribution in [3.63, 3.8) is 0 Å². The largest absolute Gasteiger partial charge is 0.481 e. The molecule has 0 aliphatic carbocycles. The molecule has 0 fully saturated rings. The van der Waals surface area contributed by atoms with Gasteiger partial charge in [0.05, 0.1) is 5.41 Å². The third kappa shape index (κ3) is 1.87. The molecule has 0 aromatic rings. The van der Waals surface area contributed by atoms with E-state index in [2.05, 4.69) is 6.58 Å². The summed E-state index contributed by atoms with van der Waals surface area (Å²) in [6.45, 7) is 7.14. The standard InChI is InChI=1S/C8H14O2/c1-4-6-8(3,5-2)7(9)10/h5H,2,4,6H2,1,3H3,(H,9,10). The second-order valence-electron chi connectivity index (χ2n) is 2.68. The second kappa shape index (κ2) is 3.40. The third-order valence-electron chi connectivity index (χ3n) is 1.71. The summed E-state index contributed by atoms with van der Waals surface area (Å²) in [5.74, 6) is -0.788. The first-order valence-electron chi connectivity index (χ1n) is 3.44. The molecule has 0 aliphatic heterocycles. The number of hydrogen-bond donors (Lipinski definition) is 1. The molecule has 10 heavy (non-hydrogen) atoms. The van der Waals surface area contributed by atoms with Gasteiger partial charge in [-0.2, -0.15) is 0 Å². The Hall–Kier alpha value is -0.790. The van der Waals surface area contributed by atoms with Crippen molar-refractivity contribution in [2.75, 3.05) is 0 Å². The van der Waals surface area contributed by atoms with E-state index in [1.165, 1.54) is 6.08 Å². The van der Waals surface area contributed by atoms with Gasteiger partial charge in [0.15, 0.2) is 0 Å². The summed E-state index contributed by atoms with van der Waals surface area (Å²) >= 11 is 0. The summed E-state index contributed by atoms with van der Waals surface area (Å²) in [7, 11) is 0. The predicted octanol–water partition coefficient (Wildman–Crippen LogP) is 2.06. The quantitative estimate of drug-likeness (QED) is 0.610. The SMILES string of the molecule is C=CC(C)(CCC)C(=O)O.